The molecule has 3 heterocycles. The van der Waals surface area contributed by atoms with E-state index >= 15 is 0 Å². The number of rotatable bonds is 4. The number of hydrogen-bond donors (Lipinski definition) is 1. The number of aromatic nitrogens is 3. The molecule has 5 atom stereocenters. The van der Waals surface area contributed by atoms with Crippen LogP contribution in [0.4, 0.5) is 13.2 Å². The molecule has 2 fully saturated rings. The summed E-state index contributed by atoms with van der Waals surface area (Å²) in [5.41, 5.74) is 0. The maximum absolute atomic E-state index is 12.9. The predicted octanol–water partition coefficient (Wildman–Crippen LogP) is 4.10. The first kappa shape index (κ1) is 20.0. The maximum Gasteiger partial charge on any atom is 0.391 e. The Hall–Kier alpha value is -1.90. The van der Waals surface area contributed by atoms with Crippen molar-refractivity contribution < 1.29 is 17.9 Å². The largest absolute Gasteiger partial charge is 0.391 e. The van der Waals surface area contributed by atoms with Gasteiger partial charge in [-0.1, -0.05) is 13.3 Å². The molecule has 6 nitrogen and oxygen atoms in total. The Morgan fingerprint density at radius 1 is 1.13 bits per heavy atom. The van der Waals surface area contributed by atoms with Crippen LogP contribution in [0.1, 0.15) is 75.5 Å². The number of nitrogens with one attached hydrogen (secondary N) is 1. The highest BCUT2D eigenvalue weighted by molar-refractivity contribution is 5.76. The standard InChI is InChI=1S/C21H28F3N5O/c1-2-12-9-15(30-14-5-3-13(4-6-14)21(22,23)24)10-16(12)20-28-27-18-11-26-19-17(29(18)20)7-8-25-19/h7-8,11-17,19,25H,2-6,9-10H2,1H3/t12-,13?,14?,15-,16-,17?,19?/m1/s1. The van der Waals surface area contributed by atoms with E-state index in [4.69, 9.17) is 4.74 Å². The number of hydrogen-bond acceptors (Lipinski definition) is 5. The summed E-state index contributed by atoms with van der Waals surface area (Å²) in [5.74, 6) is 1.28. The fourth-order valence-electron chi connectivity index (χ4n) is 5.68. The van der Waals surface area contributed by atoms with Crippen molar-refractivity contribution in [2.75, 3.05) is 0 Å². The second-order valence-corrected chi connectivity index (χ2v) is 9.05. The molecule has 0 aromatic carbocycles. The molecule has 1 aromatic rings. The van der Waals surface area contributed by atoms with Gasteiger partial charge >= 0.3 is 6.18 Å². The van der Waals surface area contributed by atoms with Gasteiger partial charge < -0.3 is 10.1 Å². The summed E-state index contributed by atoms with van der Waals surface area (Å²) in [7, 11) is 0. The van der Waals surface area contributed by atoms with Crippen molar-refractivity contribution in [2.24, 2.45) is 16.8 Å². The topological polar surface area (TPSA) is 64.3 Å². The number of ether oxygens (including phenoxy) is 1. The Kier molecular flexibility index (Phi) is 5.11. The fraction of sp³-hybridized carbons (Fsp3) is 0.762. The predicted molar refractivity (Wildman–Crippen MR) is 105 cm³/mol. The zero-order valence-corrected chi connectivity index (χ0v) is 17.1. The minimum atomic E-state index is -4.08. The lowest BCUT2D eigenvalue weighted by Gasteiger charge is -2.31. The lowest BCUT2D eigenvalue weighted by Crippen LogP contribution is -2.33. The molecule has 0 amide bonds. The third-order valence-corrected chi connectivity index (χ3v) is 7.31. The van der Waals surface area contributed by atoms with Gasteiger partial charge in [-0.05, 0) is 56.7 Å². The van der Waals surface area contributed by atoms with Crippen LogP contribution in [0.2, 0.25) is 0 Å². The Labute approximate surface area is 174 Å². The molecule has 0 bridgehead atoms. The Bertz CT molecular complexity index is 827. The van der Waals surface area contributed by atoms with Gasteiger partial charge in [-0.25, -0.2) is 0 Å². The molecule has 164 valence electrons. The van der Waals surface area contributed by atoms with Crippen molar-refractivity contribution in [1.29, 1.82) is 0 Å². The quantitative estimate of drug-likeness (QED) is 0.792. The Balaban J connectivity index is 1.27. The van der Waals surface area contributed by atoms with Crippen LogP contribution in [0.15, 0.2) is 17.3 Å². The van der Waals surface area contributed by atoms with Crippen molar-refractivity contribution in [3.8, 4) is 0 Å². The zero-order chi connectivity index (χ0) is 20.9. The summed E-state index contributed by atoms with van der Waals surface area (Å²) in [6, 6.07) is 0.0881. The lowest BCUT2D eigenvalue weighted by atomic mass is 9.87. The van der Waals surface area contributed by atoms with E-state index in [1.54, 1.807) is 6.21 Å². The molecule has 1 N–H and O–H groups in total. The zero-order valence-electron chi connectivity index (χ0n) is 17.1. The van der Waals surface area contributed by atoms with Crippen LogP contribution >= 0.6 is 0 Å². The number of halogens is 3. The SMILES string of the molecule is CC[C@@H]1C[C@@H](OC2CCC(C(F)(F)F)CC2)C[C@H]1c1nnc2n1C1C=CNC1N=C2. The van der Waals surface area contributed by atoms with Gasteiger partial charge in [-0.15, -0.1) is 10.2 Å². The lowest BCUT2D eigenvalue weighted by molar-refractivity contribution is -0.189. The fourth-order valence-corrected chi connectivity index (χ4v) is 5.68. The van der Waals surface area contributed by atoms with Crippen molar-refractivity contribution in [1.82, 2.24) is 20.1 Å². The molecular weight excluding hydrogens is 395 g/mol. The summed E-state index contributed by atoms with van der Waals surface area (Å²) < 4.78 is 47.3. The Morgan fingerprint density at radius 3 is 2.67 bits per heavy atom. The molecule has 5 rings (SSSR count). The summed E-state index contributed by atoms with van der Waals surface area (Å²) in [6.45, 7) is 2.18. The van der Waals surface area contributed by atoms with Gasteiger partial charge in [-0.3, -0.25) is 9.56 Å². The first-order chi connectivity index (χ1) is 14.4. The third-order valence-electron chi connectivity index (χ3n) is 7.31. The van der Waals surface area contributed by atoms with E-state index in [1.165, 1.54) is 0 Å². The van der Waals surface area contributed by atoms with Crippen LogP contribution in [0, 0.1) is 11.8 Å². The van der Waals surface area contributed by atoms with E-state index < -0.39 is 12.1 Å². The van der Waals surface area contributed by atoms with Gasteiger partial charge in [0.05, 0.1) is 30.4 Å². The second kappa shape index (κ2) is 7.66. The van der Waals surface area contributed by atoms with Crippen LogP contribution in [0.3, 0.4) is 0 Å². The summed E-state index contributed by atoms with van der Waals surface area (Å²) in [6.07, 6.45) is 5.89. The molecule has 2 unspecified atom stereocenters. The average Bonchev–Trinajstić information content (AvgIpc) is 3.44. The first-order valence-corrected chi connectivity index (χ1v) is 11.1. The van der Waals surface area contributed by atoms with E-state index in [1.807, 2.05) is 6.20 Å². The number of aliphatic imine (C=N–C) groups is 1. The summed E-state index contributed by atoms with van der Waals surface area (Å²) >= 11 is 0. The highest BCUT2D eigenvalue weighted by Crippen LogP contribution is 2.45. The normalized spacial score (nSPS) is 37.8. The van der Waals surface area contributed by atoms with Crippen molar-refractivity contribution >= 4 is 6.21 Å². The van der Waals surface area contributed by atoms with E-state index in [0.717, 1.165) is 30.9 Å². The highest BCUT2D eigenvalue weighted by atomic mass is 19.4. The van der Waals surface area contributed by atoms with E-state index in [-0.39, 0.29) is 43.2 Å². The Morgan fingerprint density at radius 2 is 1.93 bits per heavy atom. The molecule has 9 heteroatoms. The van der Waals surface area contributed by atoms with Crippen LogP contribution in [0.25, 0.3) is 0 Å². The molecule has 0 radical (unpaired) electrons. The smallest absolute Gasteiger partial charge is 0.375 e. The highest BCUT2D eigenvalue weighted by Gasteiger charge is 2.44. The molecule has 4 aliphatic rings. The molecule has 0 saturated heterocycles. The number of nitrogens with zero attached hydrogens (tertiary/aromatic N) is 4. The second-order valence-electron chi connectivity index (χ2n) is 9.05. The molecule has 0 spiro atoms. The minimum Gasteiger partial charge on any atom is -0.375 e. The molecule has 30 heavy (non-hydrogen) atoms. The van der Waals surface area contributed by atoms with E-state index in [0.29, 0.717) is 18.8 Å². The van der Waals surface area contributed by atoms with Crippen molar-refractivity contribution in [3.63, 3.8) is 0 Å². The molecule has 2 aliphatic carbocycles. The summed E-state index contributed by atoms with van der Waals surface area (Å²) in [4.78, 5) is 4.50. The monoisotopic (exact) mass is 423 g/mol. The van der Waals surface area contributed by atoms with Gasteiger partial charge in [0, 0.05) is 5.92 Å². The van der Waals surface area contributed by atoms with E-state index in [2.05, 4.69) is 38.1 Å². The number of alkyl halides is 3. The van der Waals surface area contributed by atoms with Crippen molar-refractivity contribution in [2.45, 2.75) is 88.4 Å². The van der Waals surface area contributed by atoms with Crippen LogP contribution in [-0.2, 0) is 4.74 Å². The van der Waals surface area contributed by atoms with Gasteiger partial charge in [0.1, 0.15) is 12.0 Å². The van der Waals surface area contributed by atoms with Gasteiger partial charge in [0.15, 0.2) is 5.82 Å². The van der Waals surface area contributed by atoms with E-state index in [9.17, 15) is 13.2 Å². The third kappa shape index (κ3) is 3.55. The van der Waals surface area contributed by atoms with Crippen LogP contribution in [0.5, 0.6) is 0 Å². The average molecular weight is 423 g/mol. The van der Waals surface area contributed by atoms with Gasteiger partial charge in [-0.2, -0.15) is 13.2 Å². The molecule has 2 saturated carbocycles. The maximum atomic E-state index is 12.9. The molecular formula is C21H28F3N5O. The summed E-state index contributed by atoms with van der Waals surface area (Å²) in [5, 5.41) is 12.1. The van der Waals surface area contributed by atoms with Gasteiger partial charge in [0.25, 0.3) is 0 Å². The first-order valence-electron chi connectivity index (χ1n) is 11.1. The molecule has 2 aliphatic heterocycles. The van der Waals surface area contributed by atoms with Crippen LogP contribution < -0.4 is 5.32 Å². The van der Waals surface area contributed by atoms with Gasteiger partial charge in [0.2, 0.25) is 0 Å². The molecule has 1 aromatic heterocycles. The minimum absolute atomic E-state index is 0.00964. The number of fused-ring (bicyclic) bond motifs is 3. The van der Waals surface area contributed by atoms with Crippen molar-refractivity contribution in [3.05, 3.63) is 23.9 Å². The van der Waals surface area contributed by atoms with Crippen LogP contribution in [-0.4, -0.2) is 45.5 Å².